The van der Waals surface area contributed by atoms with Crippen molar-refractivity contribution in [1.82, 2.24) is 0 Å². The van der Waals surface area contributed by atoms with Crippen molar-refractivity contribution in [3.8, 4) is 0 Å². The van der Waals surface area contributed by atoms with Crippen LogP contribution in [0.15, 0.2) is 17.8 Å². The maximum Gasteiger partial charge on any atom is 0.353 e. The largest absolute Gasteiger partial charge is 0.464 e. The lowest BCUT2D eigenvalue weighted by molar-refractivity contribution is -0.136. The number of aryl methyl sites for hydroxylation is 2. The molecule has 0 amide bonds. The fourth-order valence-corrected chi connectivity index (χ4v) is 1.53. The summed E-state index contributed by atoms with van der Waals surface area (Å²) in [6.07, 6.45) is 1.51. The van der Waals surface area contributed by atoms with Gasteiger partial charge in [-0.2, -0.15) is 0 Å². The average Bonchev–Trinajstić information content (AvgIpc) is 2.24. The fraction of sp³-hybridized carbons (Fsp3) is 0.250. The summed E-state index contributed by atoms with van der Waals surface area (Å²) in [7, 11) is 1.28. The number of esters is 1. The third kappa shape index (κ3) is 2.76. The Morgan fingerprint density at radius 2 is 1.94 bits per heavy atom. The van der Waals surface area contributed by atoms with Crippen molar-refractivity contribution in [3.63, 3.8) is 0 Å². The van der Waals surface area contributed by atoms with E-state index in [1.807, 2.05) is 26.0 Å². The van der Waals surface area contributed by atoms with Crippen LogP contribution < -0.4 is 5.73 Å². The van der Waals surface area contributed by atoms with E-state index in [0.29, 0.717) is 10.6 Å². The summed E-state index contributed by atoms with van der Waals surface area (Å²) in [5.41, 5.74) is 8.48. The van der Waals surface area contributed by atoms with Crippen molar-refractivity contribution < 1.29 is 9.53 Å². The van der Waals surface area contributed by atoms with Crippen LogP contribution in [0.2, 0.25) is 5.02 Å². The zero-order valence-electron chi connectivity index (χ0n) is 9.50. The van der Waals surface area contributed by atoms with Gasteiger partial charge >= 0.3 is 5.97 Å². The minimum absolute atomic E-state index is 0.0349. The van der Waals surface area contributed by atoms with Gasteiger partial charge in [0.1, 0.15) is 5.70 Å². The number of halogens is 1. The first-order chi connectivity index (χ1) is 7.45. The lowest BCUT2D eigenvalue weighted by Gasteiger charge is -2.05. The number of carbonyl (C=O) groups excluding carboxylic acids is 1. The molecule has 1 aromatic carbocycles. The molecular formula is C12H14ClNO2. The maximum absolute atomic E-state index is 11.1. The average molecular weight is 240 g/mol. The second-order valence-corrected chi connectivity index (χ2v) is 3.96. The molecule has 1 rings (SSSR count). The summed E-state index contributed by atoms with van der Waals surface area (Å²) >= 11 is 6.04. The van der Waals surface area contributed by atoms with Gasteiger partial charge in [0.15, 0.2) is 0 Å². The Kier molecular flexibility index (Phi) is 3.96. The lowest BCUT2D eigenvalue weighted by Crippen LogP contribution is -2.12. The van der Waals surface area contributed by atoms with E-state index < -0.39 is 5.97 Å². The van der Waals surface area contributed by atoms with Crippen LogP contribution in [0.3, 0.4) is 0 Å². The third-order valence-electron chi connectivity index (χ3n) is 2.35. The molecule has 0 fully saturated rings. The molecule has 0 saturated carbocycles. The molecule has 0 heterocycles. The van der Waals surface area contributed by atoms with Crippen LogP contribution in [0.5, 0.6) is 0 Å². The standard InChI is InChI=1S/C12H14ClNO2/c1-7-4-9(10(13)5-8(7)2)6-11(14)12(15)16-3/h4-6H,14H2,1-3H3/b11-6-. The van der Waals surface area contributed by atoms with Gasteiger partial charge in [-0.25, -0.2) is 4.79 Å². The predicted octanol–water partition coefficient (Wildman–Crippen LogP) is 2.43. The minimum atomic E-state index is -0.561. The van der Waals surface area contributed by atoms with Gasteiger partial charge in [-0.1, -0.05) is 17.7 Å². The Hall–Kier alpha value is -1.48. The first-order valence-corrected chi connectivity index (χ1v) is 5.15. The van der Waals surface area contributed by atoms with E-state index in [0.717, 1.165) is 11.1 Å². The van der Waals surface area contributed by atoms with Crippen molar-refractivity contribution in [2.24, 2.45) is 5.73 Å². The summed E-state index contributed by atoms with van der Waals surface area (Å²) in [5.74, 6) is -0.561. The number of carbonyl (C=O) groups is 1. The van der Waals surface area contributed by atoms with Crippen molar-refractivity contribution in [2.75, 3.05) is 7.11 Å². The summed E-state index contributed by atoms with van der Waals surface area (Å²) in [5, 5.41) is 0.565. The smallest absolute Gasteiger partial charge is 0.353 e. The SMILES string of the molecule is COC(=O)/C(N)=C/c1cc(C)c(C)cc1Cl. The summed E-state index contributed by atoms with van der Waals surface area (Å²) in [6, 6.07) is 3.72. The molecule has 2 N–H and O–H groups in total. The molecule has 0 aliphatic rings. The summed E-state index contributed by atoms with van der Waals surface area (Å²) in [6.45, 7) is 3.94. The molecule has 0 radical (unpaired) electrons. The fourth-order valence-electron chi connectivity index (χ4n) is 1.26. The number of hydrogen-bond acceptors (Lipinski definition) is 3. The van der Waals surface area contributed by atoms with E-state index in [9.17, 15) is 4.79 Å². The third-order valence-corrected chi connectivity index (χ3v) is 2.67. The van der Waals surface area contributed by atoms with Gasteiger partial charge in [0.05, 0.1) is 7.11 Å². The molecule has 0 atom stereocenters. The van der Waals surface area contributed by atoms with E-state index >= 15 is 0 Å². The summed E-state index contributed by atoms with van der Waals surface area (Å²) < 4.78 is 4.50. The highest BCUT2D eigenvalue weighted by Gasteiger charge is 2.07. The number of rotatable bonds is 2. The van der Waals surface area contributed by atoms with E-state index in [1.165, 1.54) is 13.2 Å². The molecule has 0 unspecified atom stereocenters. The van der Waals surface area contributed by atoms with Gasteiger partial charge in [-0.15, -0.1) is 0 Å². The van der Waals surface area contributed by atoms with Gasteiger partial charge in [0.2, 0.25) is 0 Å². The van der Waals surface area contributed by atoms with Crippen molar-refractivity contribution >= 4 is 23.6 Å². The number of ether oxygens (including phenoxy) is 1. The second kappa shape index (κ2) is 5.03. The molecule has 0 aliphatic carbocycles. The van der Waals surface area contributed by atoms with Gasteiger partial charge in [-0.3, -0.25) is 0 Å². The molecule has 4 heteroatoms. The monoisotopic (exact) mass is 239 g/mol. The molecule has 0 aliphatic heterocycles. The Morgan fingerprint density at radius 3 is 2.50 bits per heavy atom. The zero-order valence-corrected chi connectivity index (χ0v) is 10.3. The van der Waals surface area contributed by atoms with Gasteiger partial charge < -0.3 is 10.5 Å². The number of nitrogens with two attached hydrogens (primary N) is 1. The lowest BCUT2D eigenvalue weighted by atomic mass is 10.1. The molecule has 86 valence electrons. The summed E-state index contributed by atoms with van der Waals surface area (Å²) in [4.78, 5) is 11.1. The molecule has 0 bridgehead atoms. The highest BCUT2D eigenvalue weighted by atomic mass is 35.5. The van der Waals surface area contributed by atoms with Crippen LogP contribution in [-0.4, -0.2) is 13.1 Å². The minimum Gasteiger partial charge on any atom is -0.464 e. The quantitative estimate of drug-likeness (QED) is 0.637. The molecular weight excluding hydrogens is 226 g/mol. The van der Waals surface area contributed by atoms with Crippen LogP contribution >= 0.6 is 11.6 Å². The number of methoxy groups -OCH3 is 1. The number of benzene rings is 1. The normalized spacial score (nSPS) is 11.4. The molecule has 1 aromatic rings. The number of hydrogen-bond donors (Lipinski definition) is 1. The first-order valence-electron chi connectivity index (χ1n) is 4.78. The van der Waals surface area contributed by atoms with Crippen LogP contribution in [0.25, 0.3) is 6.08 Å². The molecule has 16 heavy (non-hydrogen) atoms. The van der Waals surface area contributed by atoms with E-state index in [4.69, 9.17) is 17.3 Å². The topological polar surface area (TPSA) is 52.3 Å². The Bertz CT molecular complexity index is 453. The van der Waals surface area contributed by atoms with Crippen LogP contribution in [0.1, 0.15) is 16.7 Å². The van der Waals surface area contributed by atoms with Gasteiger partial charge in [0.25, 0.3) is 0 Å². The molecule has 0 aromatic heterocycles. The van der Waals surface area contributed by atoms with E-state index in [1.54, 1.807) is 0 Å². The first kappa shape index (κ1) is 12.6. The second-order valence-electron chi connectivity index (χ2n) is 3.55. The van der Waals surface area contributed by atoms with Crippen LogP contribution in [-0.2, 0) is 9.53 Å². The van der Waals surface area contributed by atoms with Crippen LogP contribution in [0.4, 0.5) is 0 Å². The van der Waals surface area contributed by atoms with Crippen LogP contribution in [0, 0.1) is 13.8 Å². The molecule has 0 spiro atoms. The molecule has 3 nitrogen and oxygen atoms in total. The zero-order chi connectivity index (χ0) is 12.3. The molecule has 0 saturated heterocycles. The van der Waals surface area contributed by atoms with E-state index in [2.05, 4.69) is 4.74 Å². The van der Waals surface area contributed by atoms with Crippen molar-refractivity contribution in [2.45, 2.75) is 13.8 Å². The maximum atomic E-state index is 11.1. The highest BCUT2D eigenvalue weighted by Crippen LogP contribution is 2.22. The Labute approximate surface area is 99.8 Å². The Morgan fingerprint density at radius 1 is 1.38 bits per heavy atom. The van der Waals surface area contributed by atoms with Crippen molar-refractivity contribution in [1.29, 1.82) is 0 Å². The van der Waals surface area contributed by atoms with Gasteiger partial charge in [0, 0.05) is 5.02 Å². The predicted molar refractivity (Wildman–Crippen MR) is 65.1 cm³/mol. The van der Waals surface area contributed by atoms with Gasteiger partial charge in [-0.05, 0) is 42.7 Å². The Balaban J connectivity index is 3.15. The highest BCUT2D eigenvalue weighted by molar-refractivity contribution is 6.32. The van der Waals surface area contributed by atoms with Crippen molar-refractivity contribution in [3.05, 3.63) is 39.5 Å². The van der Waals surface area contributed by atoms with E-state index in [-0.39, 0.29) is 5.70 Å².